The van der Waals surface area contributed by atoms with Crippen LogP contribution in [0.5, 0.6) is 0 Å². The van der Waals surface area contributed by atoms with Crippen molar-refractivity contribution in [3.05, 3.63) is 12.2 Å². The smallest absolute Gasteiger partial charge is 0.305 e. The second-order valence-corrected chi connectivity index (χ2v) is 3.51. The molecule has 0 amide bonds. The number of carbonyl (C=O) groups excluding carboxylic acids is 2. The van der Waals surface area contributed by atoms with Gasteiger partial charge in [0.2, 0.25) is 0 Å². The molecule has 0 aromatic heterocycles. The van der Waals surface area contributed by atoms with E-state index in [-0.39, 0.29) is 0 Å². The van der Waals surface area contributed by atoms with Crippen molar-refractivity contribution < 1.29 is 19.1 Å². The molecule has 0 N–H and O–H groups in total. The molecule has 0 rings (SSSR count). The Labute approximate surface area is 96.6 Å². The zero-order valence-electron chi connectivity index (χ0n) is 10.2. The van der Waals surface area contributed by atoms with Crippen molar-refractivity contribution in [2.75, 3.05) is 0 Å². The molecule has 0 bridgehead atoms. The lowest BCUT2D eigenvalue weighted by molar-refractivity contribution is -0.176. The van der Waals surface area contributed by atoms with Gasteiger partial charge < -0.3 is 9.47 Å². The van der Waals surface area contributed by atoms with Gasteiger partial charge in [-0.2, -0.15) is 0 Å². The minimum atomic E-state index is -0.892. The lowest BCUT2D eigenvalue weighted by Crippen LogP contribution is -2.20. The van der Waals surface area contributed by atoms with Gasteiger partial charge in [-0.3, -0.25) is 9.59 Å². The molecule has 0 radical (unpaired) electrons. The molecule has 0 saturated carbocycles. The Bertz CT molecular complexity index is 229. The van der Waals surface area contributed by atoms with Crippen LogP contribution in [0.15, 0.2) is 12.2 Å². The highest BCUT2D eigenvalue weighted by molar-refractivity contribution is 5.68. The number of rotatable bonds is 7. The van der Waals surface area contributed by atoms with Crippen LogP contribution in [0.1, 0.15) is 46.5 Å². The van der Waals surface area contributed by atoms with E-state index in [1.54, 1.807) is 6.08 Å². The molecule has 16 heavy (non-hydrogen) atoms. The molecule has 0 saturated heterocycles. The SMILES string of the molecule is CCCCC/C=C/C(OC(C)=O)OC(C)=O. The molecule has 0 aliphatic carbocycles. The standard InChI is InChI=1S/C12H20O4/c1-4-5-6-7-8-9-12(15-10(2)13)16-11(3)14/h8-9,12H,4-7H2,1-3H3/b9-8+. The number of unbranched alkanes of at least 4 members (excludes halogenated alkanes) is 3. The summed E-state index contributed by atoms with van der Waals surface area (Å²) in [5.41, 5.74) is 0. The van der Waals surface area contributed by atoms with Crippen molar-refractivity contribution >= 4 is 11.9 Å². The highest BCUT2D eigenvalue weighted by atomic mass is 16.7. The van der Waals surface area contributed by atoms with Crippen LogP contribution < -0.4 is 0 Å². The second-order valence-electron chi connectivity index (χ2n) is 3.51. The summed E-state index contributed by atoms with van der Waals surface area (Å²) < 4.78 is 9.60. The van der Waals surface area contributed by atoms with Gasteiger partial charge in [0, 0.05) is 13.8 Å². The first-order valence-corrected chi connectivity index (χ1v) is 5.57. The molecular formula is C12H20O4. The fraction of sp³-hybridized carbons (Fsp3) is 0.667. The summed E-state index contributed by atoms with van der Waals surface area (Å²) in [5.74, 6) is -0.936. The first-order valence-electron chi connectivity index (χ1n) is 5.57. The summed E-state index contributed by atoms with van der Waals surface area (Å²) in [7, 11) is 0. The minimum Gasteiger partial charge on any atom is -0.421 e. The van der Waals surface area contributed by atoms with E-state index in [4.69, 9.17) is 9.47 Å². The van der Waals surface area contributed by atoms with Gasteiger partial charge in [0.25, 0.3) is 6.29 Å². The van der Waals surface area contributed by atoms with E-state index in [9.17, 15) is 9.59 Å². The summed E-state index contributed by atoms with van der Waals surface area (Å²) in [6, 6.07) is 0. The normalized spacial score (nSPS) is 10.8. The summed E-state index contributed by atoms with van der Waals surface area (Å²) in [6.45, 7) is 4.69. The van der Waals surface area contributed by atoms with Gasteiger partial charge in [0.1, 0.15) is 0 Å². The molecule has 0 aromatic rings. The lowest BCUT2D eigenvalue weighted by Gasteiger charge is -2.12. The molecule has 0 unspecified atom stereocenters. The van der Waals surface area contributed by atoms with Gasteiger partial charge in [-0.25, -0.2) is 0 Å². The van der Waals surface area contributed by atoms with Crippen molar-refractivity contribution in [2.24, 2.45) is 0 Å². The monoisotopic (exact) mass is 228 g/mol. The van der Waals surface area contributed by atoms with Gasteiger partial charge >= 0.3 is 11.9 Å². The van der Waals surface area contributed by atoms with Crippen molar-refractivity contribution in [1.82, 2.24) is 0 Å². The van der Waals surface area contributed by atoms with Gasteiger partial charge in [-0.05, 0) is 18.9 Å². The third-order valence-corrected chi connectivity index (χ3v) is 1.83. The zero-order valence-corrected chi connectivity index (χ0v) is 10.2. The summed E-state index contributed by atoms with van der Waals surface area (Å²) in [4.78, 5) is 21.4. The summed E-state index contributed by atoms with van der Waals surface area (Å²) in [5, 5.41) is 0. The molecule has 92 valence electrons. The van der Waals surface area contributed by atoms with Gasteiger partial charge in [0.15, 0.2) is 0 Å². The maximum atomic E-state index is 10.7. The van der Waals surface area contributed by atoms with E-state index < -0.39 is 18.2 Å². The van der Waals surface area contributed by atoms with E-state index in [1.165, 1.54) is 13.8 Å². The van der Waals surface area contributed by atoms with E-state index >= 15 is 0 Å². The van der Waals surface area contributed by atoms with Crippen LogP contribution in [0.2, 0.25) is 0 Å². The van der Waals surface area contributed by atoms with Gasteiger partial charge in [-0.15, -0.1) is 0 Å². The van der Waals surface area contributed by atoms with Crippen LogP contribution in [-0.2, 0) is 19.1 Å². The molecule has 0 fully saturated rings. The largest absolute Gasteiger partial charge is 0.421 e. The van der Waals surface area contributed by atoms with E-state index in [1.807, 2.05) is 6.08 Å². The van der Waals surface area contributed by atoms with Crippen molar-refractivity contribution in [1.29, 1.82) is 0 Å². The minimum absolute atomic E-state index is 0.468. The van der Waals surface area contributed by atoms with Crippen LogP contribution in [0.3, 0.4) is 0 Å². The Morgan fingerprint density at radius 1 is 1.12 bits per heavy atom. The van der Waals surface area contributed by atoms with E-state index in [0.717, 1.165) is 25.7 Å². The third kappa shape index (κ3) is 9.24. The predicted molar refractivity (Wildman–Crippen MR) is 60.6 cm³/mol. The summed E-state index contributed by atoms with van der Waals surface area (Å²) >= 11 is 0. The average Bonchev–Trinajstić information content (AvgIpc) is 2.15. The topological polar surface area (TPSA) is 52.6 Å². The fourth-order valence-corrected chi connectivity index (χ4v) is 1.15. The number of hydrogen-bond acceptors (Lipinski definition) is 4. The molecule has 0 spiro atoms. The molecule has 0 aromatic carbocycles. The van der Waals surface area contributed by atoms with Crippen LogP contribution >= 0.6 is 0 Å². The lowest BCUT2D eigenvalue weighted by atomic mass is 10.2. The van der Waals surface area contributed by atoms with Crippen LogP contribution in [0.4, 0.5) is 0 Å². The molecule has 4 nitrogen and oxygen atoms in total. The molecular weight excluding hydrogens is 208 g/mol. The highest BCUT2D eigenvalue weighted by Gasteiger charge is 2.10. The Balaban J connectivity index is 3.98. The molecule has 0 aliphatic rings. The Hall–Kier alpha value is -1.32. The number of allylic oxidation sites excluding steroid dienone is 1. The van der Waals surface area contributed by atoms with Gasteiger partial charge in [-0.1, -0.05) is 25.8 Å². The van der Waals surface area contributed by atoms with Crippen LogP contribution in [0.25, 0.3) is 0 Å². The number of carbonyl (C=O) groups is 2. The second kappa shape index (κ2) is 8.95. The van der Waals surface area contributed by atoms with Crippen molar-refractivity contribution in [3.63, 3.8) is 0 Å². The zero-order chi connectivity index (χ0) is 12.4. The number of hydrogen-bond donors (Lipinski definition) is 0. The Morgan fingerprint density at radius 2 is 1.69 bits per heavy atom. The molecule has 0 atom stereocenters. The first kappa shape index (κ1) is 14.7. The van der Waals surface area contributed by atoms with Crippen molar-refractivity contribution in [2.45, 2.75) is 52.7 Å². The average molecular weight is 228 g/mol. The quantitative estimate of drug-likeness (QED) is 0.291. The molecule has 4 heteroatoms. The fourth-order valence-electron chi connectivity index (χ4n) is 1.15. The van der Waals surface area contributed by atoms with Crippen LogP contribution in [0, 0.1) is 0 Å². The van der Waals surface area contributed by atoms with Crippen LogP contribution in [-0.4, -0.2) is 18.2 Å². The maximum absolute atomic E-state index is 10.7. The number of ether oxygens (including phenoxy) is 2. The first-order chi connectivity index (χ1) is 7.56. The van der Waals surface area contributed by atoms with E-state index in [0.29, 0.717) is 0 Å². The summed E-state index contributed by atoms with van der Waals surface area (Å²) in [6.07, 6.45) is 6.87. The molecule has 0 aliphatic heterocycles. The predicted octanol–water partition coefficient (Wildman–Crippen LogP) is 2.58. The maximum Gasteiger partial charge on any atom is 0.305 e. The van der Waals surface area contributed by atoms with Gasteiger partial charge in [0.05, 0.1) is 0 Å². The highest BCUT2D eigenvalue weighted by Crippen LogP contribution is 2.03. The van der Waals surface area contributed by atoms with E-state index in [2.05, 4.69) is 6.92 Å². The molecule has 0 heterocycles. The Kier molecular flexibility index (Phi) is 8.21. The Morgan fingerprint density at radius 3 is 2.12 bits per heavy atom. The number of esters is 2. The third-order valence-electron chi connectivity index (χ3n) is 1.83. The van der Waals surface area contributed by atoms with Crippen molar-refractivity contribution in [3.8, 4) is 0 Å².